The molecule has 1 aliphatic rings. The summed E-state index contributed by atoms with van der Waals surface area (Å²) < 4.78 is 57.0. The second-order valence-electron chi connectivity index (χ2n) is 12.9. The van der Waals surface area contributed by atoms with Gasteiger partial charge in [-0.3, -0.25) is 9.69 Å². The molecule has 0 unspecified atom stereocenters. The number of fused-ring (bicyclic) bond motifs is 1. The van der Waals surface area contributed by atoms with E-state index < -0.39 is 11.7 Å². The lowest BCUT2D eigenvalue weighted by molar-refractivity contribution is -0.137. The highest BCUT2D eigenvalue weighted by molar-refractivity contribution is 7.98. The number of thioether (sulfide) groups is 1. The van der Waals surface area contributed by atoms with Gasteiger partial charge in [-0.1, -0.05) is 60.3 Å². The summed E-state index contributed by atoms with van der Waals surface area (Å²) in [7, 11) is 6.11. The predicted octanol–water partition coefficient (Wildman–Crippen LogP) is 6.53. The molecule has 1 aliphatic carbocycles. The van der Waals surface area contributed by atoms with Crippen molar-refractivity contribution in [3.8, 4) is 11.1 Å². The topological polar surface area (TPSA) is 72.1 Å². The first-order valence-corrected chi connectivity index (χ1v) is 17.4. The third-order valence-corrected chi connectivity index (χ3v) is 9.91. The van der Waals surface area contributed by atoms with Crippen LogP contribution in [0, 0.1) is 5.82 Å². The maximum Gasteiger partial charge on any atom is 0.416 e. The first-order valence-electron chi connectivity index (χ1n) is 16.4. The summed E-state index contributed by atoms with van der Waals surface area (Å²) >= 11 is 1.44. The van der Waals surface area contributed by atoms with Gasteiger partial charge in [-0.2, -0.15) is 18.2 Å². The molecule has 0 saturated heterocycles. The highest BCUT2D eigenvalue weighted by Crippen LogP contribution is 2.31. The zero-order valence-corrected chi connectivity index (χ0v) is 29.1. The Hall–Kier alpha value is -4.33. The molecule has 50 heavy (non-hydrogen) atoms. The Morgan fingerprint density at radius 2 is 1.42 bits per heavy atom. The van der Waals surface area contributed by atoms with Gasteiger partial charge in [0.1, 0.15) is 11.6 Å². The second kappa shape index (κ2) is 15.3. The van der Waals surface area contributed by atoms with E-state index in [0.29, 0.717) is 42.5 Å². The summed E-state index contributed by atoms with van der Waals surface area (Å²) in [6.45, 7) is 3.11. The molecule has 13 heteroatoms. The Labute approximate surface area is 292 Å². The summed E-state index contributed by atoms with van der Waals surface area (Å²) in [5, 5.41) is 9.90. The van der Waals surface area contributed by atoms with Crippen LogP contribution in [0.4, 0.5) is 17.6 Å². The molecule has 0 N–H and O–H groups in total. The fourth-order valence-corrected chi connectivity index (χ4v) is 7.01. The molecule has 5 aromatic rings. The van der Waals surface area contributed by atoms with Crippen molar-refractivity contribution < 1.29 is 17.6 Å². The van der Waals surface area contributed by atoms with Crippen LogP contribution < -0.4 is 5.56 Å². The maximum absolute atomic E-state index is 13.5. The predicted molar refractivity (Wildman–Crippen MR) is 186 cm³/mol. The van der Waals surface area contributed by atoms with E-state index in [0.717, 1.165) is 77.7 Å². The second-order valence-corrected chi connectivity index (χ2v) is 13.9. The number of benzene rings is 3. The quantitative estimate of drug-likeness (QED) is 0.0784. The summed E-state index contributed by atoms with van der Waals surface area (Å²) in [4.78, 5) is 21.9. The lowest BCUT2D eigenvalue weighted by Gasteiger charge is -2.21. The first-order chi connectivity index (χ1) is 23.9. The standard InChI is InChI=1S/C37H39F4N7OS/c1-45(2)19-20-46(3)22-33-43-44-34(48(33)21-25-7-11-27(12-8-25)28-13-15-29(16-14-28)37(39,40)41)23-47-32-6-4-5-31(32)35(49)42-36(47)50-24-26-9-17-30(38)18-10-26/h7-18H,4-6,19-24H2,1-3H3. The Kier molecular flexibility index (Phi) is 10.8. The van der Waals surface area contributed by atoms with Crippen LogP contribution >= 0.6 is 11.8 Å². The van der Waals surface area contributed by atoms with Gasteiger partial charge in [0.15, 0.2) is 11.0 Å². The van der Waals surface area contributed by atoms with E-state index >= 15 is 0 Å². The number of hydrogen-bond acceptors (Lipinski definition) is 7. The van der Waals surface area contributed by atoms with Crippen LogP contribution in [0.25, 0.3) is 11.1 Å². The van der Waals surface area contributed by atoms with E-state index in [1.54, 1.807) is 12.1 Å². The van der Waals surface area contributed by atoms with Crippen LogP contribution in [0.15, 0.2) is 82.7 Å². The van der Waals surface area contributed by atoms with Crippen molar-refractivity contribution in [2.75, 3.05) is 34.2 Å². The summed E-state index contributed by atoms with van der Waals surface area (Å²) in [5.41, 5.74) is 4.23. The normalized spacial score (nSPS) is 13.1. The van der Waals surface area contributed by atoms with Gasteiger partial charge in [0.05, 0.1) is 25.2 Å². The third-order valence-electron chi connectivity index (χ3n) is 8.87. The summed E-state index contributed by atoms with van der Waals surface area (Å²) in [6.07, 6.45) is -2.07. The van der Waals surface area contributed by atoms with Crippen LogP contribution in [-0.4, -0.2) is 68.3 Å². The van der Waals surface area contributed by atoms with Gasteiger partial charge in [-0.05, 0) is 86.9 Å². The van der Waals surface area contributed by atoms with E-state index in [1.165, 1.54) is 36.0 Å². The van der Waals surface area contributed by atoms with Crippen LogP contribution in [0.5, 0.6) is 0 Å². The lowest BCUT2D eigenvalue weighted by atomic mass is 10.0. The van der Waals surface area contributed by atoms with E-state index in [2.05, 4.69) is 34.1 Å². The van der Waals surface area contributed by atoms with Crippen molar-refractivity contribution in [2.45, 2.75) is 56.0 Å². The van der Waals surface area contributed by atoms with Gasteiger partial charge in [0, 0.05) is 30.1 Å². The van der Waals surface area contributed by atoms with Crippen LogP contribution in [0.2, 0.25) is 0 Å². The van der Waals surface area contributed by atoms with Crippen molar-refractivity contribution >= 4 is 11.8 Å². The Balaban J connectivity index is 1.31. The number of likely N-dealkylation sites (N-methyl/N-ethyl adjacent to an activating group) is 2. The minimum atomic E-state index is -4.38. The average molecular weight is 706 g/mol. The number of nitrogens with zero attached hydrogens (tertiary/aromatic N) is 7. The van der Waals surface area contributed by atoms with Gasteiger partial charge >= 0.3 is 6.18 Å². The van der Waals surface area contributed by atoms with Gasteiger partial charge in [-0.25, -0.2) is 4.39 Å². The van der Waals surface area contributed by atoms with E-state index in [1.807, 2.05) is 45.4 Å². The molecule has 0 bridgehead atoms. The molecule has 6 rings (SSSR count). The molecule has 0 fully saturated rings. The Morgan fingerprint density at radius 1 is 0.780 bits per heavy atom. The van der Waals surface area contributed by atoms with Gasteiger partial charge in [0.25, 0.3) is 5.56 Å². The zero-order chi connectivity index (χ0) is 35.4. The molecule has 3 aromatic carbocycles. The molecular formula is C37H39F4N7OS. The first kappa shape index (κ1) is 35.5. The number of aromatic nitrogens is 5. The molecular weight excluding hydrogens is 667 g/mol. The number of rotatable bonds is 13. The number of halogens is 4. The fourth-order valence-electron chi connectivity index (χ4n) is 6.05. The number of alkyl halides is 3. The van der Waals surface area contributed by atoms with Gasteiger partial charge < -0.3 is 14.0 Å². The SMILES string of the molecule is CN(C)CCN(C)Cc1nnc(Cn2c(SCc3ccc(F)cc3)nc(=O)c3c2CCC3)n1Cc1ccc(-c2ccc(C(F)(F)F)cc2)cc1. The molecule has 8 nitrogen and oxygen atoms in total. The third kappa shape index (κ3) is 8.51. The zero-order valence-electron chi connectivity index (χ0n) is 28.3. The maximum atomic E-state index is 13.5. The van der Waals surface area contributed by atoms with Gasteiger partial charge in [-0.15, -0.1) is 10.2 Å². The molecule has 2 aromatic heterocycles. The van der Waals surface area contributed by atoms with Crippen molar-refractivity contribution in [1.29, 1.82) is 0 Å². The van der Waals surface area contributed by atoms with Crippen molar-refractivity contribution in [1.82, 2.24) is 34.1 Å². The minimum absolute atomic E-state index is 0.201. The molecule has 0 amide bonds. The highest BCUT2D eigenvalue weighted by Gasteiger charge is 2.30. The fraction of sp³-hybridized carbons (Fsp3) is 0.351. The lowest BCUT2D eigenvalue weighted by Crippen LogP contribution is -2.29. The van der Waals surface area contributed by atoms with Crippen molar-refractivity contribution in [3.63, 3.8) is 0 Å². The average Bonchev–Trinajstić information content (AvgIpc) is 3.73. The molecule has 0 aliphatic heterocycles. The largest absolute Gasteiger partial charge is 0.416 e. The Bertz CT molecular complexity index is 1970. The van der Waals surface area contributed by atoms with Crippen molar-refractivity contribution in [3.05, 3.63) is 129 Å². The Morgan fingerprint density at radius 3 is 2.08 bits per heavy atom. The molecule has 0 atom stereocenters. The van der Waals surface area contributed by atoms with E-state index in [9.17, 15) is 22.4 Å². The molecule has 0 saturated carbocycles. The number of hydrogen-bond donors (Lipinski definition) is 0. The van der Waals surface area contributed by atoms with Crippen LogP contribution in [-0.2, 0) is 44.4 Å². The summed E-state index contributed by atoms with van der Waals surface area (Å²) in [5.74, 6) is 1.73. The van der Waals surface area contributed by atoms with E-state index in [-0.39, 0.29) is 11.4 Å². The smallest absolute Gasteiger partial charge is 0.316 e. The van der Waals surface area contributed by atoms with Crippen LogP contribution in [0.3, 0.4) is 0 Å². The summed E-state index contributed by atoms with van der Waals surface area (Å²) in [6, 6.07) is 19.2. The monoisotopic (exact) mass is 705 g/mol. The minimum Gasteiger partial charge on any atom is -0.316 e. The molecule has 0 spiro atoms. The van der Waals surface area contributed by atoms with E-state index in [4.69, 9.17) is 0 Å². The molecule has 0 radical (unpaired) electrons. The van der Waals surface area contributed by atoms with Crippen LogP contribution in [0.1, 0.15) is 46.0 Å². The van der Waals surface area contributed by atoms with Gasteiger partial charge in [0.2, 0.25) is 0 Å². The molecule has 2 heterocycles. The van der Waals surface area contributed by atoms with Crippen molar-refractivity contribution in [2.24, 2.45) is 0 Å². The molecule has 262 valence electrons. The highest BCUT2D eigenvalue weighted by atomic mass is 32.2.